The van der Waals surface area contributed by atoms with Gasteiger partial charge in [-0.1, -0.05) is 12.1 Å². The van der Waals surface area contributed by atoms with Gasteiger partial charge in [0.2, 0.25) is 0 Å². The van der Waals surface area contributed by atoms with E-state index in [1.54, 1.807) is 11.8 Å². The van der Waals surface area contributed by atoms with Crippen LogP contribution in [0.25, 0.3) is 0 Å². The molecule has 1 heterocycles. The Labute approximate surface area is 142 Å². The zero-order valence-electron chi connectivity index (χ0n) is 13.4. The first-order chi connectivity index (χ1) is 11.3. The molecular formula is C19H22N2OS. The van der Waals surface area contributed by atoms with E-state index in [1.165, 1.54) is 24.9 Å². The van der Waals surface area contributed by atoms with E-state index in [-0.39, 0.29) is 5.91 Å². The zero-order valence-corrected chi connectivity index (χ0v) is 14.2. The molecule has 1 aliphatic heterocycles. The van der Waals surface area contributed by atoms with Crippen molar-refractivity contribution in [2.75, 3.05) is 29.6 Å². The highest BCUT2D eigenvalue weighted by molar-refractivity contribution is 7.98. The summed E-state index contributed by atoms with van der Waals surface area (Å²) in [4.78, 5) is 15.9. The number of hydrogen-bond donors (Lipinski definition) is 1. The third-order valence-electron chi connectivity index (χ3n) is 4.21. The van der Waals surface area contributed by atoms with Gasteiger partial charge in [0, 0.05) is 29.2 Å². The van der Waals surface area contributed by atoms with Gasteiger partial charge in [0.15, 0.2) is 0 Å². The number of nitrogens with zero attached hydrogens (tertiary/aromatic N) is 1. The van der Waals surface area contributed by atoms with Gasteiger partial charge in [-0.05, 0) is 61.9 Å². The van der Waals surface area contributed by atoms with Crippen molar-refractivity contribution in [1.29, 1.82) is 0 Å². The molecule has 0 unspecified atom stereocenters. The smallest absolute Gasteiger partial charge is 0.255 e. The third-order valence-corrected chi connectivity index (χ3v) is 5.00. The van der Waals surface area contributed by atoms with E-state index in [0.29, 0.717) is 5.56 Å². The minimum Gasteiger partial charge on any atom is -0.372 e. The molecule has 2 aromatic rings. The molecule has 0 atom stereocenters. The molecule has 3 nitrogen and oxygen atoms in total. The Morgan fingerprint density at radius 3 is 2.39 bits per heavy atom. The van der Waals surface area contributed by atoms with Gasteiger partial charge in [-0.15, -0.1) is 11.8 Å². The summed E-state index contributed by atoms with van der Waals surface area (Å²) >= 11 is 1.63. The van der Waals surface area contributed by atoms with Crippen LogP contribution in [0.4, 0.5) is 11.4 Å². The van der Waals surface area contributed by atoms with Crippen molar-refractivity contribution >= 4 is 29.0 Å². The number of piperidine rings is 1. The van der Waals surface area contributed by atoms with Crippen LogP contribution < -0.4 is 10.2 Å². The van der Waals surface area contributed by atoms with E-state index >= 15 is 0 Å². The van der Waals surface area contributed by atoms with Crippen molar-refractivity contribution in [3.05, 3.63) is 54.1 Å². The van der Waals surface area contributed by atoms with Crippen molar-refractivity contribution in [3.8, 4) is 0 Å². The summed E-state index contributed by atoms with van der Waals surface area (Å²) in [7, 11) is 0. The van der Waals surface area contributed by atoms with Gasteiger partial charge in [0.05, 0.1) is 5.69 Å². The van der Waals surface area contributed by atoms with Gasteiger partial charge >= 0.3 is 0 Å². The lowest BCUT2D eigenvalue weighted by molar-refractivity contribution is 0.102. The van der Waals surface area contributed by atoms with Crippen LogP contribution in [0.15, 0.2) is 53.4 Å². The fraction of sp³-hybridized carbons (Fsp3) is 0.316. The average molecular weight is 326 g/mol. The Kier molecular flexibility index (Phi) is 5.23. The van der Waals surface area contributed by atoms with Gasteiger partial charge < -0.3 is 10.2 Å². The molecule has 0 aliphatic carbocycles. The summed E-state index contributed by atoms with van der Waals surface area (Å²) in [6.45, 7) is 2.24. The number of carbonyl (C=O) groups excluding carboxylic acids is 1. The Balaban J connectivity index is 1.70. The van der Waals surface area contributed by atoms with E-state index < -0.39 is 0 Å². The van der Waals surface area contributed by atoms with Crippen LogP contribution in [0.2, 0.25) is 0 Å². The predicted molar refractivity (Wildman–Crippen MR) is 98.7 cm³/mol. The molecule has 120 valence electrons. The van der Waals surface area contributed by atoms with Gasteiger partial charge in [-0.2, -0.15) is 0 Å². The monoisotopic (exact) mass is 326 g/mol. The lowest BCUT2D eigenvalue weighted by atomic mass is 10.1. The van der Waals surface area contributed by atoms with Crippen molar-refractivity contribution in [1.82, 2.24) is 0 Å². The maximum atomic E-state index is 12.4. The Morgan fingerprint density at radius 1 is 1.00 bits per heavy atom. The van der Waals surface area contributed by atoms with Crippen LogP contribution in [-0.2, 0) is 0 Å². The highest BCUT2D eigenvalue weighted by atomic mass is 32.2. The second-order valence-electron chi connectivity index (χ2n) is 5.75. The highest BCUT2D eigenvalue weighted by Crippen LogP contribution is 2.25. The summed E-state index contributed by atoms with van der Waals surface area (Å²) in [5.74, 6) is -0.0586. The number of nitrogens with one attached hydrogen (secondary N) is 1. The number of thioether (sulfide) groups is 1. The molecule has 2 aromatic carbocycles. The standard InChI is InChI=1S/C19H22N2OS/c1-23-18-8-4-3-7-17(18)20-19(22)15-9-11-16(12-10-15)21-13-5-2-6-14-21/h3-4,7-12H,2,5-6,13-14H2,1H3,(H,20,22). The number of hydrogen-bond acceptors (Lipinski definition) is 3. The molecule has 0 saturated carbocycles. The van der Waals surface area contributed by atoms with Crippen LogP contribution in [0.1, 0.15) is 29.6 Å². The first kappa shape index (κ1) is 15.9. The Hall–Kier alpha value is -1.94. The molecule has 1 fully saturated rings. The summed E-state index contributed by atoms with van der Waals surface area (Å²) in [6.07, 6.45) is 5.85. The number of anilines is 2. The van der Waals surface area contributed by atoms with Gasteiger partial charge in [0.1, 0.15) is 0 Å². The van der Waals surface area contributed by atoms with Crippen LogP contribution >= 0.6 is 11.8 Å². The van der Waals surface area contributed by atoms with Crippen LogP contribution in [0.3, 0.4) is 0 Å². The van der Waals surface area contributed by atoms with Crippen molar-refractivity contribution in [3.63, 3.8) is 0 Å². The second kappa shape index (κ2) is 7.55. The number of amides is 1. The highest BCUT2D eigenvalue weighted by Gasteiger charge is 2.12. The predicted octanol–water partition coefficient (Wildman–Crippen LogP) is 4.65. The largest absolute Gasteiger partial charge is 0.372 e. The summed E-state index contributed by atoms with van der Waals surface area (Å²) in [5, 5.41) is 3.00. The van der Waals surface area contributed by atoms with Crippen molar-refractivity contribution in [2.45, 2.75) is 24.2 Å². The fourth-order valence-electron chi connectivity index (χ4n) is 2.92. The van der Waals surface area contributed by atoms with Crippen LogP contribution in [0, 0.1) is 0 Å². The molecule has 23 heavy (non-hydrogen) atoms. The zero-order chi connectivity index (χ0) is 16.1. The van der Waals surface area contributed by atoms with E-state index in [4.69, 9.17) is 0 Å². The molecule has 0 bridgehead atoms. The molecule has 1 N–H and O–H groups in total. The number of carbonyl (C=O) groups is 1. The Bertz CT molecular complexity index is 663. The fourth-order valence-corrected chi connectivity index (χ4v) is 3.47. The number of rotatable bonds is 4. The van der Waals surface area contributed by atoms with Gasteiger partial charge in [-0.3, -0.25) is 4.79 Å². The number of para-hydroxylation sites is 1. The van der Waals surface area contributed by atoms with E-state index in [0.717, 1.165) is 23.7 Å². The summed E-state index contributed by atoms with van der Waals surface area (Å²) in [6, 6.07) is 15.8. The minimum atomic E-state index is -0.0586. The molecular weight excluding hydrogens is 304 g/mol. The summed E-state index contributed by atoms with van der Waals surface area (Å²) in [5.41, 5.74) is 2.78. The van der Waals surface area contributed by atoms with Crippen LogP contribution in [-0.4, -0.2) is 25.3 Å². The lowest BCUT2D eigenvalue weighted by Gasteiger charge is -2.28. The van der Waals surface area contributed by atoms with Gasteiger partial charge in [-0.25, -0.2) is 0 Å². The minimum absolute atomic E-state index is 0.0586. The molecule has 4 heteroatoms. The van der Waals surface area contributed by atoms with Crippen molar-refractivity contribution < 1.29 is 4.79 Å². The molecule has 3 rings (SSSR count). The van der Waals surface area contributed by atoms with E-state index in [1.807, 2.05) is 42.7 Å². The first-order valence-corrected chi connectivity index (χ1v) is 9.30. The average Bonchev–Trinajstić information content (AvgIpc) is 2.63. The molecule has 0 aromatic heterocycles. The first-order valence-electron chi connectivity index (χ1n) is 8.07. The second-order valence-corrected chi connectivity index (χ2v) is 6.60. The molecule has 1 amide bonds. The molecule has 1 saturated heterocycles. The molecule has 0 radical (unpaired) electrons. The van der Waals surface area contributed by atoms with Gasteiger partial charge in [0.25, 0.3) is 5.91 Å². The van der Waals surface area contributed by atoms with E-state index in [9.17, 15) is 4.79 Å². The third kappa shape index (κ3) is 3.88. The van der Waals surface area contributed by atoms with Crippen molar-refractivity contribution in [2.24, 2.45) is 0 Å². The Morgan fingerprint density at radius 2 is 1.70 bits per heavy atom. The normalized spacial score (nSPS) is 14.6. The van der Waals surface area contributed by atoms with Crippen LogP contribution in [0.5, 0.6) is 0 Å². The topological polar surface area (TPSA) is 32.3 Å². The van der Waals surface area contributed by atoms with E-state index in [2.05, 4.69) is 22.3 Å². The molecule has 1 aliphatic rings. The number of benzene rings is 2. The molecule has 0 spiro atoms. The SMILES string of the molecule is CSc1ccccc1NC(=O)c1ccc(N2CCCCC2)cc1. The summed E-state index contributed by atoms with van der Waals surface area (Å²) < 4.78 is 0. The maximum absolute atomic E-state index is 12.4. The lowest BCUT2D eigenvalue weighted by Crippen LogP contribution is -2.29. The quantitative estimate of drug-likeness (QED) is 0.830. The maximum Gasteiger partial charge on any atom is 0.255 e.